The number of rotatable bonds is 4. The van der Waals surface area contributed by atoms with Gasteiger partial charge in [0.2, 0.25) is 0 Å². The molecule has 18 heavy (non-hydrogen) atoms. The summed E-state index contributed by atoms with van der Waals surface area (Å²) >= 11 is 1.56. The molecule has 0 saturated carbocycles. The average molecular weight is 266 g/mol. The fourth-order valence-corrected chi connectivity index (χ4v) is 2.37. The number of hydrogen-bond acceptors (Lipinski definition) is 4. The van der Waals surface area contributed by atoms with E-state index in [0.717, 1.165) is 5.01 Å². The fourth-order valence-electron chi connectivity index (χ4n) is 1.63. The molecular weight excluding hydrogens is 251 g/mol. The smallest absolute Gasteiger partial charge is 0.165 e. The number of para-hydroxylation sites is 1. The molecule has 5 heteroatoms. The fraction of sp³-hybridized carbons (Fsp3) is 0.308. The third-order valence-corrected chi connectivity index (χ3v) is 3.85. The van der Waals surface area contributed by atoms with Crippen LogP contribution in [0, 0.1) is 5.82 Å². The third-order valence-electron chi connectivity index (χ3n) is 2.76. The molecule has 2 aromatic rings. The Labute approximate surface area is 109 Å². The van der Waals surface area contributed by atoms with Crippen molar-refractivity contribution in [2.75, 3.05) is 0 Å². The number of aromatic hydroxyl groups is 1. The third kappa shape index (κ3) is 2.68. The lowest BCUT2D eigenvalue weighted by molar-refractivity contribution is 0.383. The Morgan fingerprint density at radius 3 is 2.89 bits per heavy atom. The standard InChI is InChI=1S/C13H15FN2OS/c1-13(2,12-15-6-7-18-12)16-8-9-4-3-5-10(14)11(9)17/h3-7,16-17H,8H2,1-2H3. The highest BCUT2D eigenvalue weighted by atomic mass is 32.1. The molecule has 96 valence electrons. The molecule has 0 bridgehead atoms. The first-order valence-corrected chi connectivity index (χ1v) is 6.50. The minimum atomic E-state index is -0.596. The number of aromatic nitrogens is 1. The van der Waals surface area contributed by atoms with E-state index in [1.807, 2.05) is 19.2 Å². The molecule has 0 unspecified atom stereocenters. The van der Waals surface area contributed by atoms with E-state index in [9.17, 15) is 9.50 Å². The van der Waals surface area contributed by atoms with Crippen LogP contribution in [-0.2, 0) is 12.1 Å². The van der Waals surface area contributed by atoms with E-state index in [4.69, 9.17) is 0 Å². The van der Waals surface area contributed by atoms with Gasteiger partial charge in [-0.15, -0.1) is 11.3 Å². The van der Waals surface area contributed by atoms with Crippen LogP contribution in [-0.4, -0.2) is 10.1 Å². The molecule has 3 nitrogen and oxygen atoms in total. The molecule has 1 aromatic heterocycles. The highest BCUT2D eigenvalue weighted by Gasteiger charge is 2.23. The summed E-state index contributed by atoms with van der Waals surface area (Å²) in [5.74, 6) is -0.888. The van der Waals surface area contributed by atoms with Gasteiger partial charge >= 0.3 is 0 Å². The number of nitrogens with zero attached hydrogens (tertiary/aromatic N) is 1. The van der Waals surface area contributed by atoms with Gasteiger partial charge in [0, 0.05) is 23.7 Å². The number of phenolic OH excluding ortho intramolecular Hbond substituents is 1. The van der Waals surface area contributed by atoms with Crippen molar-refractivity contribution in [2.24, 2.45) is 0 Å². The Balaban J connectivity index is 2.10. The van der Waals surface area contributed by atoms with Gasteiger partial charge in [-0.25, -0.2) is 9.37 Å². The van der Waals surface area contributed by atoms with Crippen molar-refractivity contribution < 1.29 is 9.50 Å². The number of halogens is 1. The normalized spacial score (nSPS) is 11.7. The maximum absolute atomic E-state index is 13.2. The van der Waals surface area contributed by atoms with Gasteiger partial charge in [0.15, 0.2) is 11.6 Å². The molecule has 0 saturated heterocycles. The highest BCUT2D eigenvalue weighted by Crippen LogP contribution is 2.25. The highest BCUT2D eigenvalue weighted by molar-refractivity contribution is 7.09. The van der Waals surface area contributed by atoms with Crippen molar-refractivity contribution in [2.45, 2.75) is 25.9 Å². The SMILES string of the molecule is CC(C)(NCc1cccc(F)c1O)c1nccs1. The van der Waals surface area contributed by atoms with Crippen LogP contribution in [0.4, 0.5) is 4.39 Å². The minimum Gasteiger partial charge on any atom is -0.505 e. The summed E-state index contributed by atoms with van der Waals surface area (Å²) in [6.45, 7) is 4.39. The Kier molecular flexibility index (Phi) is 3.63. The summed E-state index contributed by atoms with van der Waals surface area (Å²) in [5, 5.41) is 15.7. The predicted octanol–water partition coefficient (Wildman–Crippen LogP) is 3.01. The zero-order valence-corrected chi connectivity index (χ0v) is 11.1. The van der Waals surface area contributed by atoms with E-state index in [2.05, 4.69) is 10.3 Å². The second-order valence-electron chi connectivity index (χ2n) is 4.56. The lowest BCUT2D eigenvalue weighted by atomic mass is 10.1. The predicted molar refractivity (Wildman–Crippen MR) is 70.0 cm³/mol. The number of hydrogen-bond donors (Lipinski definition) is 2. The number of benzene rings is 1. The first-order valence-electron chi connectivity index (χ1n) is 5.62. The van der Waals surface area contributed by atoms with Crippen LogP contribution in [0.3, 0.4) is 0 Å². The van der Waals surface area contributed by atoms with Crippen molar-refractivity contribution in [3.8, 4) is 5.75 Å². The molecule has 0 aliphatic rings. The summed E-state index contributed by atoms with van der Waals surface area (Å²) in [6.07, 6.45) is 1.75. The maximum Gasteiger partial charge on any atom is 0.165 e. The Hall–Kier alpha value is -1.46. The molecule has 1 heterocycles. The molecule has 0 spiro atoms. The Morgan fingerprint density at radius 2 is 2.22 bits per heavy atom. The molecule has 1 aromatic carbocycles. The van der Waals surface area contributed by atoms with Gasteiger partial charge in [0.25, 0.3) is 0 Å². The van der Waals surface area contributed by atoms with Crippen LogP contribution in [0.25, 0.3) is 0 Å². The second kappa shape index (κ2) is 5.04. The van der Waals surface area contributed by atoms with Crippen molar-refractivity contribution in [3.05, 3.63) is 46.2 Å². The van der Waals surface area contributed by atoms with Crippen molar-refractivity contribution >= 4 is 11.3 Å². The van der Waals surface area contributed by atoms with Crippen molar-refractivity contribution in [3.63, 3.8) is 0 Å². The second-order valence-corrected chi connectivity index (χ2v) is 5.46. The number of thiazole rings is 1. The van der Waals surface area contributed by atoms with Crippen LogP contribution in [0.2, 0.25) is 0 Å². The monoisotopic (exact) mass is 266 g/mol. The lowest BCUT2D eigenvalue weighted by Crippen LogP contribution is -2.35. The molecule has 0 atom stereocenters. The van der Waals surface area contributed by atoms with Gasteiger partial charge in [-0.1, -0.05) is 12.1 Å². The summed E-state index contributed by atoms with van der Waals surface area (Å²) < 4.78 is 13.2. The lowest BCUT2D eigenvalue weighted by Gasteiger charge is -2.24. The molecule has 2 rings (SSSR count). The van der Waals surface area contributed by atoms with Gasteiger partial charge in [0.1, 0.15) is 5.01 Å². The van der Waals surface area contributed by atoms with Crippen LogP contribution < -0.4 is 5.32 Å². The number of phenols is 1. The van der Waals surface area contributed by atoms with Crippen LogP contribution in [0.15, 0.2) is 29.8 Å². The zero-order valence-electron chi connectivity index (χ0n) is 10.3. The van der Waals surface area contributed by atoms with Gasteiger partial charge in [0.05, 0.1) is 5.54 Å². The van der Waals surface area contributed by atoms with E-state index >= 15 is 0 Å². The van der Waals surface area contributed by atoms with E-state index in [0.29, 0.717) is 12.1 Å². The minimum absolute atomic E-state index is 0.292. The van der Waals surface area contributed by atoms with E-state index < -0.39 is 5.82 Å². The summed E-state index contributed by atoms with van der Waals surface area (Å²) in [6, 6.07) is 4.52. The van der Waals surface area contributed by atoms with Crippen LogP contribution in [0.1, 0.15) is 24.4 Å². The van der Waals surface area contributed by atoms with Gasteiger partial charge in [-0.05, 0) is 19.9 Å². The van der Waals surface area contributed by atoms with E-state index in [1.165, 1.54) is 6.07 Å². The Bertz CT molecular complexity index is 526. The summed E-state index contributed by atoms with van der Waals surface area (Å²) in [4.78, 5) is 4.26. The van der Waals surface area contributed by atoms with Crippen molar-refractivity contribution in [1.82, 2.24) is 10.3 Å². The van der Waals surface area contributed by atoms with Crippen LogP contribution in [0.5, 0.6) is 5.75 Å². The van der Waals surface area contributed by atoms with Gasteiger partial charge in [-0.3, -0.25) is 0 Å². The largest absolute Gasteiger partial charge is 0.505 e. The summed E-state index contributed by atoms with van der Waals surface area (Å²) in [7, 11) is 0. The number of nitrogens with one attached hydrogen (secondary N) is 1. The molecule has 0 aliphatic carbocycles. The first kappa shape index (κ1) is 13.0. The topological polar surface area (TPSA) is 45.1 Å². The quantitative estimate of drug-likeness (QED) is 0.894. The molecular formula is C13H15FN2OS. The van der Waals surface area contributed by atoms with E-state index in [-0.39, 0.29) is 11.3 Å². The molecule has 0 amide bonds. The first-order chi connectivity index (χ1) is 8.50. The van der Waals surface area contributed by atoms with Gasteiger partial charge < -0.3 is 10.4 Å². The molecule has 0 radical (unpaired) electrons. The average Bonchev–Trinajstić information content (AvgIpc) is 2.85. The maximum atomic E-state index is 13.2. The van der Waals surface area contributed by atoms with Gasteiger partial charge in [-0.2, -0.15) is 0 Å². The summed E-state index contributed by atoms with van der Waals surface area (Å²) in [5.41, 5.74) is 0.229. The molecule has 2 N–H and O–H groups in total. The zero-order chi connectivity index (χ0) is 13.2. The van der Waals surface area contributed by atoms with E-state index in [1.54, 1.807) is 29.7 Å². The van der Waals surface area contributed by atoms with Crippen LogP contribution >= 0.6 is 11.3 Å². The van der Waals surface area contributed by atoms with Crippen molar-refractivity contribution in [1.29, 1.82) is 0 Å². The Morgan fingerprint density at radius 1 is 1.44 bits per heavy atom. The molecule has 0 aliphatic heterocycles. The molecule has 0 fully saturated rings.